The van der Waals surface area contributed by atoms with Crippen LogP contribution in [0.3, 0.4) is 0 Å². The van der Waals surface area contributed by atoms with Crippen molar-refractivity contribution in [1.29, 1.82) is 0 Å². The molecule has 3 heterocycles. The first-order valence-corrected chi connectivity index (χ1v) is 16.3. The van der Waals surface area contributed by atoms with Crippen molar-refractivity contribution in [3.05, 3.63) is 83.3 Å². The fourth-order valence-electron chi connectivity index (χ4n) is 5.19. The highest BCUT2D eigenvalue weighted by molar-refractivity contribution is 7.85. The third-order valence-corrected chi connectivity index (χ3v) is 7.68. The Kier molecular flexibility index (Phi) is 10.5. The third-order valence-electron chi connectivity index (χ3n) is 7.68. The Labute approximate surface area is 268 Å². The molecule has 2 atom stereocenters. The second kappa shape index (κ2) is 14.1. The summed E-state index contributed by atoms with van der Waals surface area (Å²) in [6.07, 6.45) is 3.61. The van der Waals surface area contributed by atoms with Crippen LogP contribution in [-0.4, -0.2) is 83.9 Å². The molecule has 46 heavy (non-hydrogen) atoms. The lowest BCUT2D eigenvalue weighted by molar-refractivity contribution is -0.111. The molecule has 1 amide bonds. The Balaban J connectivity index is 0.000000892. The maximum atomic E-state index is 13.2. The molecule has 1 aliphatic rings. The van der Waals surface area contributed by atoms with E-state index in [4.69, 9.17) is 14.3 Å². The normalized spacial score (nSPS) is 16.7. The van der Waals surface area contributed by atoms with Gasteiger partial charge in [-0.1, -0.05) is 12.6 Å². The summed E-state index contributed by atoms with van der Waals surface area (Å²) in [5, 5.41) is 6.74. The lowest BCUT2D eigenvalue weighted by atomic mass is 10.1. The number of likely N-dealkylation sites (N-methyl/N-ethyl adjacent to an activating group) is 1. The van der Waals surface area contributed by atoms with E-state index in [1.807, 2.05) is 19.1 Å². The van der Waals surface area contributed by atoms with E-state index in [0.29, 0.717) is 52.7 Å². The topological polar surface area (TPSA) is 159 Å². The summed E-state index contributed by atoms with van der Waals surface area (Å²) in [6.45, 7) is 11.7. The summed E-state index contributed by atoms with van der Waals surface area (Å²) >= 11 is 0. The highest BCUT2D eigenvalue weighted by Gasteiger charge is 2.27. The molecule has 0 spiro atoms. The molecule has 244 valence electrons. The summed E-state index contributed by atoms with van der Waals surface area (Å²) in [6, 6.07) is 15.5. The second-order valence-corrected chi connectivity index (χ2v) is 12.7. The number of benzene rings is 2. The van der Waals surface area contributed by atoms with Crippen LogP contribution in [0.2, 0.25) is 0 Å². The largest absolute Gasteiger partial charge is 0.494 e. The van der Waals surface area contributed by atoms with E-state index in [0.717, 1.165) is 29.7 Å². The molecule has 0 bridgehead atoms. The number of hydrogen-bond acceptors (Lipinski definition) is 10. The molecule has 0 aliphatic carbocycles. The molecular weight excluding hydrogens is 610 g/mol. The van der Waals surface area contributed by atoms with Gasteiger partial charge in [0.05, 0.1) is 24.7 Å². The van der Waals surface area contributed by atoms with Crippen LogP contribution in [-0.2, 0) is 14.9 Å². The molecule has 4 aromatic rings. The van der Waals surface area contributed by atoms with Crippen molar-refractivity contribution in [3.63, 3.8) is 0 Å². The molecule has 14 heteroatoms. The number of amides is 1. The number of aryl methyl sites for hydroxylation is 1. The SMILES string of the molecule is C=CC(=O)Nc1cccc(-n2c(=O)cc(C)c3cnc(Nc4ccc(N5CC(C)N(C)C(C)C5)cc4OC)nc32)c1.CS(=O)(=O)O. The molecule has 0 saturated carbocycles. The summed E-state index contributed by atoms with van der Waals surface area (Å²) in [7, 11) is 0.141. The van der Waals surface area contributed by atoms with Crippen LogP contribution in [0.5, 0.6) is 5.75 Å². The van der Waals surface area contributed by atoms with Crippen molar-refractivity contribution >= 4 is 50.1 Å². The van der Waals surface area contributed by atoms with Gasteiger partial charge in [0.2, 0.25) is 11.9 Å². The van der Waals surface area contributed by atoms with Gasteiger partial charge in [-0.15, -0.1) is 0 Å². The lowest BCUT2D eigenvalue weighted by Gasteiger charge is -2.43. The molecule has 2 unspecified atom stereocenters. The second-order valence-electron chi connectivity index (χ2n) is 11.2. The Morgan fingerprint density at radius 1 is 1.11 bits per heavy atom. The predicted molar refractivity (Wildman–Crippen MR) is 181 cm³/mol. The number of rotatable bonds is 7. The van der Waals surface area contributed by atoms with Gasteiger partial charge in [0.25, 0.3) is 15.7 Å². The zero-order valence-electron chi connectivity index (χ0n) is 26.7. The predicted octanol–water partition coefficient (Wildman–Crippen LogP) is 4.00. The van der Waals surface area contributed by atoms with Gasteiger partial charge < -0.3 is 20.3 Å². The fourth-order valence-corrected chi connectivity index (χ4v) is 5.19. The summed E-state index contributed by atoms with van der Waals surface area (Å²) in [5.74, 6) is 0.645. The molecule has 0 radical (unpaired) electrons. The molecule has 1 saturated heterocycles. The number of anilines is 4. The Hall–Kier alpha value is -4.79. The van der Waals surface area contributed by atoms with Gasteiger partial charge in [-0.2, -0.15) is 13.4 Å². The smallest absolute Gasteiger partial charge is 0.261 e. The van der Waals surface area contributed by atoms with Crippen LogP contribution in [0.1, 0.15) is 19.4 Å². The fraction of sp³-hybridized carbons (Fsp3) is 0.312. The average molecular weight is 650 g/mol. The quantitative estimate of drug-likeness (QED) is 0.196. The van der Waals surface area contributed by atoms with E-state index in [1.54, 1.807) is 43.6 Å². The lowest BCUT2D eigenvalue weighted by Crippen LogP contribution is -2.55. The third kappa shape index (κ3) is 8.27. The number of nitrogens with one attached hydrogen (secondary N) is 2. The van der Waals surface area contributed by atoms with Crippen molar-refractivity contribution < 1.29 is 22.5 Å². The number of aromatic nitrogens is 3. The molecule has 2 aromatic heterocycles. The van der Waals surface area contributed by atoms with Gasteiger partial charge in [-0.25, -0.2) is 4.98 Å². The van der Waals surface area contributed by atoms with Crippen LogP contribution in [0, 0.1) is 6.92 Å². The Morgan fingerprint density at radius 3 is 2.41 bits per heavy atom. The van der Waals surface area contributed by atoms with Crippen LogP contribution in [0.4, 0.5) is 23.0 Å². The molecule has 1 aliphatic heterocycles. The summed E-state index contributed by atoms with van der Waals surface area (Å²) in [4.78, 5) is 39.1. The number of ether oxygens (including phenoxy) is 1. The highest BCUT2D eigenvalue weighted by Crippen LogP contribution is 2.33. The first-order chi connectivity index (χ1) is 21.7. The van der Waals surface area contributed by atoms with Crippen LogP contribution < -0.4 is 25.8 Å². The minimum absolute atomic E-state index is 0.246. The van der Waals surface area contributed by atoms with Crippen molar-refractivity contribution in [1.82, 2.24) is 19.4 Å². The molecule has 13 nitrogen and oxygen atoms in total. The van der Waals surface area contributed by atoms with E-state index in [-0.39, 0.29) is 11.5 Å². The van der Waals surface area contributed by atoms with Gasteiger partial charge in [0, 0.05) is 60.3 Å². The van der Waals surface area contributed by atoms with Crippen LogP contribution >= 0.6 is 0 Å². The van der Waals surface area contributed by atoms with Crippen molar-refractivity contribution in [2.75, 3.05) is 49.0 Å². The van der Waals surface area contributed by atoms with Crippen LogP contribution in [0.15, 0.2) is 72.2 Å². The van der Waals surface area contributed by atoms with Crippen molar-refractivity contribution in [2.45, 2.75) is 32.9 Å². The maximum absolute atomic E-state index is 13.2. The highest BCUT2D eigenvalue weighted by atomic mass is 32.2. The number of carbonyl (C=O) groups is 1. The number of hydrogen-bond donors (Lipinski definition) is 3. The number of nitrogens with zero attached hydrogens (tertiary/aromatic N) is 5. The Morgan fingerprint density at radius 2 is 1.78 bits per heavy atom. The summed E-state index contributed by atoms with van der Waals surface area (Å²) in [5.41, 5.74) is 3.85. The van der Waals surface area contributed by atoms with Gasteiger partial charge in [0.1, 0.15) is 5.75 Å². The van der Waals surface area contributed by atoms with E-state index in [9.17, 15) is 18.0 Å². The van der Waals surface area contributed by atoms with E-state index in [2.05, 4.69) is 59.0 Å². The zero-order valence-corrected chi connectivity index (χ0v) is 27.5. The average Bonchev–Trinajstić information content (AvgIpc) is 2.99. The minimum atomic E-state index is -3.67. The maximum Gasteiger partial charge on any atom is 0.261 e. The first-order valence-electron chi connectivity index (χ1n) is 14.5. The van der Waals surface area contributed by atoms with Crippen molar-refractivity contribution in [2.24, 2.45) is 0 Å². The Bertz CT molecular complexity index is 1910. The van der Waals surface area contributed by atoms with Gasteiger partial charge >= 0.3 is 0 Å². The van der Waals surface area contributed by atoms with E-state index < -0.39 is 10.1 Å². The van der Waals surface area contributed by atoms with Gasteiger partial charge in [-0.3, -0.25) is 23.6 Å². The molecular formula is C32H39N7O6S. The van der Waals surface area contributed by atoms with E-state index in [1.165, 1.54) is 10.6 Å². The zero-order chi connectivity index (χ0) is 33.8. The first kappa shape index (κ1) is 34.1. The molecule has 3 N–H and O–H groups in total. The number of carbonyl (C=O) groups excluding carboxylic acids is 1. The monoisotopic (exact) mass is 649 g/mol. The minimum Gasteiger partial charge on any atom is -0.494 e. The standard InChI is InChI=1S/C31H35N7O3.CH4O3S/c1-7-28(39)33-22-9-8-10-24(14-22)38-29(40)13-19(2)25-16-32-31(35-30(25)38)34-26-12-11-23(15-27(26)41-6)37-17-20(3)36(5)21(4)18-37;1-5(2,3)4/h7-16,20-21H,1,17-18H2,2-6H3,(H,33,39)(H,32,34,35);1H3,(H,2,3,4). The number of methoxy groups -OCH3 is 1. The van der Waals surface area contributed by atoms with Gasteiger partial charge in [-0.05, 0) is 69.8 Å². The number of pyridine rings is 1. The molecule has 1 fully saturated rings. The number of fused-ring (bicyclic) bond motifs is 1. The summed E-state index contributed by atoms with van der Waals surface area (Å²) < 4.78 is 33.1. The van der Waals surface area contributed by atoms with Crippen molar-refractivity contribution in [3.8, 4) is 11.4 Å². The van der Waals surface area contributed by atoms with Crippen LogP contribution in [0.25, 0.3) is 16.7 Å². The number of piperazine rings is 1. The molecule has 2 aromatic carbocycles. The molecule has 5 rings (SSSR count). The van der Waals surface area contributed by atoms with Gasteiger partial charge in [0.15, 0.2) is 5.65 Å². The van der Waals surface area contributed by atoms with E-state index >= 15 is 0 Å².